The Morgan fingerprint density at radius 3 is 2.57 bits per heavy atom. The van der Waals surface area contributed by atoms with E-state index < -0.39 is 0 Å². The summed E-state index contributed by atoms with van der Waals surface area (Å²) in [6, 6.07) is 11.7. The van der Waals surface area contributed by atoms with Crippen LogP contribution in [0.25, 0.3) is 5.65 Å². The van der Waals surface area contributed by atoms with Crippen LogP contribution < -0.4 is 5.73 Å². The van der Waals surface area contributed by atoms with Crippen molar-refractivity contribution >= 4 is 59.6 Å². The standard InChI is InChI=1S/C19H18Cl2N4O.2ClH/c20-13-6-16(21)19-23-14(9-25(19)8-13)7-18(26)24-10-15(17(22)11-24)12-4-2-1-3-5-12;;/h1-6,8-9,15,17H,7,10-11,22H2;2*1H/t15-,17+;;/m0../s1. The number of carbonyl (C=O) groups excluding carboxylic acids is 1. The lowest BCUT2D eigenvalue weighted by Gasteiger charge is -2.16. The molecule has 3 heterocycles. The fourth-order valence-electron chi connectivity index (χ4n) is 3.51. The molecule has 2 N–H and O–H groups in total. The van der Waals surface area contributed by atoms with E-state index in [-0.39, 0.29) is 49.1 Å². The van der Waals surface area contributed by atoms with Gasteiger partial charge in [-0.2, -0.15) is 0 Å². The van der Waals surface area contributed by atoms with Crippen LogP contribution in [0.4, 0.5) is 0 Å². The molecule has 4 rings (SSSR count). The van der Waals surface area contributed by atoms with Crippen LogP contribution >= 0.6 is 48.0 Å². The van der Waals surface area contributed by atoms with Gasteiger partial charge in [-0.15, -0.1) is 24.8 Å². The number of halogens is 4. The largest absolute Gasteiger partial charge is 0.340 e. The molecule has 1 aromatic carbocycles. The van der Waals surface area contributed by atoms with Gasteiger partial charge in [0.2, 0.25) is 5.91 Å². The molecule has 28 heavy (non-hydrogen) atoms. The molecule has 0 bridgehead atoms. The molecule has 9 heteroatoms. The van der Waals surface area contributed by atoms with Gasteiger partial charge in [-0.05, 0) is 11.6 Å². The number of fused-ring (bicyclic) bond motifs is 1. The highest BCUT2D eigenvalue weighted by atomic mass is 35.5. The van der Waals surface area contributed by atoms with Crippen molar-refractivity contribution in [3.8, 4) is 0 Å². The Hall–Kier alpha value is -1.50. The van der Waals surface area contributed by atoms with Crippen molar-refractivity contribution in [2.24, 2.45) is 5.73 Å². The topological polar surface area (TPSA) is 63.6 Å². The third kappa shape index (κ3) is 4.56. The third-order valence-corrected chi connectivity index (χ3v) is 5.29. The van der Waals surface area contributed by atoms with Crippen LogP contribution in [0.5, 0.6) is 0 Å². The van der Waals surface area contributed by atoms with Gasteiger partial charge in [0, 0.05) is 37.4 Å². The van der Waals surface area contributed by atoms with Gasteiger partial charge in [-0.1, -0.05) is 53.5 Å². The van der Waals surface area contributed by atoms with Crippen LogP contribution in [0, 0.1) is 0 Å². The Bertz CT molecular complexity index is 963. The molecule has 1 aliphatic heterocycles. The number of hydrogen-bond donors (Lipinski definition) is 1. The van der Waals surface area contributed by atoms with Crippen LogP contribution in [0.3, 0.4) is 0 Å². The molecule has 1 amide bonds. The molecule has 5 nitrogen and oxygen atoms in total. The number of pyridine rings is 1. The first-order valence-electron chi connectivity index (χ1n) is 8.42. The SMILES string of the molecule is Cl.Cl.N[C@@H]1CN(C(=O)Cc2cn3cc(Cl)cc(Cl)c3n2)C[C@H]1c1ccccc1. The van der Waals surface area contributed by atoms with Crippen molar-refractivity contribution in [2.45, 2.75) is 18.4 Å². The number of imidazole rings is 1. The smallest absolute Gasteiger partial charge is 0.228 e. The van der Waals surface area contributed by atoms with E-state index in [9.17, 15) is 4.79 Å². The van der Waals surface area contributed by atoms with E-state index in [4.69, 9.17) is 28.9 Å². The van der Waals surface area contributed by atoms with Gasteiger partial charge in [0.15, 0.2) is 5.65 Å². The van der Waals surface area contributed by atoms with E-state index in [0.29, 0.717) is 34.5 Å². The quantitative estimate of drug-likeness (QED) is 0.641. The van der Waals surface area contributed by atoms with Crippen molar-refractivity contribution in [3.63, 3.8) is 0 Å². The number of hydrogen-bond acceptors (Lipinski definition) is 3. The first kappa shape index (κ1) is 22.8. The van der Waals surface area contributed by atoms with Gasteiger partial charge in [-0.25, -0.2) is 4.98 Å². The molecular weight excluding hydrogens is 442 g/mol. The second-order valence-electron chi connectivity index (χ2n) is 6.63. The Labute approximate surface area is 185 Å². The number of benzene rings is 1. The summed E-state index contributed by atoms with van der Waals surface area (Å²) < 4.78 is 1.75. The zero-order valence-electron chi connectivity index (χ0n) is 14.8. The second kappa shape index (κ2) is 9.33. The fourth-order valence-corrected chi connectivity index (χ4v) is 4.04. The number of nitrogens with zero attached hydrogens (tertiary/aromatic N) is 3. The Morgan fingerprint density at radius 2 is 1.86 bits per heavy atom. The lowest BCUT2D eigenvalue weighted by molar-refractivity contribution is -0.129. The number of nitrogens with two attached hydrogens (primary N) is 1. The van der Waals surface area contributed by atoms with Gasteiger partial charge in [0.05, 0.1) is 22.2 Å². The van der Waals surface area contributed by atoms with Gasteiger partial charge < -0.3 is 15.0 Å². The van der Waals surface area contributed by atoms with Gasteiger partial charge >= 0.3 is 0 Å². The zero-order valence-corrected chi connectivity index (χ0v) is 17.9. The molecule has 2 atom stereocenters. The summed E-state index contributed by atoms with van der Waals surface area (Å²) in [5.74, 6) is 0.180. The molecule has 1 saturated heterocycles. The minimum Gasteiger partial charge on any atom is -0.340 e. The summed E-state index contributed by atoms with van der Waals surface area (Å²) in [4.78, 5) is 19.0. The Kier molecular flexibility index (Phi) is 7.59. The first-order valence-corrected chi connectivity index (χ1v) is 9.18. The normalized spacial score (nSPS) is 18.6. The van der Waals surface area contributed by atoms with E-state index in [1.54, 1.807) is 22.9 Å². The van der Waals surface area contributed by atoms with E-state index in [1.165, 1.54) is 5.56 Å². The fraction of sp³-hybridized carbons (Fsp3) is 0.263. The summed E-state index contributed by atoms with van der Waals surface area (Å²) in [7, 11) is 0. The van der Waals surface area contributed by atoms with E-state index in [0.717, 1.165) is 0 Å². The highest BCUT2D eigenvalue weighted by Crippen LogP contribution is 2.27. The molecule has 3 aromatic rings. The summed E-state index contributed by atoms with van der Waals surface area (Å²) in [6.45, 7) is 1.18. The number of rotatable bonds is 3. The van der Waals surface area contributed by atoms with Crippen molar-refractivity contribution in [1.29, 1.82) is 0 Å². The lowest BCUT2D eigenvalue weighted by atomic mass is 9.95. The molecule has 150 valence electrons. The predicted octanol–water partition coefficient (Wildman–Crippen LogP) is 3.98. The summed E-state index contributed by atoms with van der Waals surface area (Å²) in [5.41, 5.74) is 8.71. The van der Waals surface area contributed by atoms with Crippen LogP contribution in [-0.4, -0.2) is 39.3 Å². The van der Waals surface area contributed by atoms with Crippen molar-refractivity contribution in [1.82, 2.24) is 14.3 Å². The number of aromatic nitrogens is 2. The molecular formula is C19H20Cl4N4O. The molecule has 0 unspecified atom stereocenters. The maximum atomic E-state index is 12.7. The Balaban J connectivity index is 0.00000140. The second-order valence-corrected chi connectivity index (χ2v) is 7.47. The van der Waals surface area contributed by atoms with E-state index >= 15 is 0 Å². The highest BCUT2D eigenvalue weighted by Gasteiger charge is 2.33. The van der Waals surface area contributed by atoms with Crippen LogP contribution in [0.1, 0.15) is 17.2 Å². The Morgan fingerprint density at radius 1 is 1.14 bits per heavy atom. The number of amides is 1. The molecule has 1 fully saturated rings. The van der Waals surface area contributed by atoms with Crippen molar-refractivity contribution < 1.29 is 4.79 Å². The minimum atomic E-state index is -0.0596. The van der Waals surface area contributed by atoms with Gasteiger partial charge in [0.25, 0.3) is 0 Å². The summed E-state index contributed by atoms with van der Waals surface area (Å²) in [6.07, 6.45) is 3.72. The first-order chi connectivity index (χ1) is 12.5. The number of likely N-dealkylation sites (tertiary alicyclic amines) is 1. The average Bonchev–Trinajstić information content (AvgIpc) is 3.19. The molecule has 0 saturated carbocycles. The summed E-state index contributed by atoms with van der Waals surface area (Å²) >= 11 is 12.2. The van der Waals surface area contributed by atoms with Crippen LogP contribution in [-0.2, 0) is 11.2 Å². The summed E-state index contributed by atoms with van der Waals surface area (Å²) in [5, 5.41) is 0.984. The molecule has 0 aliphatic carbocycles. The van der Waals surface area contributed by atoms with Gasteiger partial charge in [0.1, 0.15) is 0 Å². The zero-order chi connectivity index (χ0) is 18.3. The average molecular weight is 462 g/mol. The van der Waals surface area contributed by atoms with E-state index in [2.05, 4.69) is 17.1 Å². The maximum absolute atomic E-state index is 12.7. The van der Waals surface area contributed by atoms with Crippen LogP contribution in [0.15, 0.2) is 48.8 Å². The van der Waals surface area contributed by atoms with E-state index in [1.807, 2.05) is 23.1 Å². The van der Waals surface area contributed by atoms with Gasteiger partial charge in [-0.3, -0.25) is 4.79 Å². The number of carbonyl (C=O) groups is 1. The van der Waals surface area contributed by atoms with Crippen molar-refractivity contribution in [3.05, 3.63) is 70.1 Å². The van der Waals surface area contributed by atoms with Crippen molar-refractivity contribution in [2.75, 3.05) is 13.1 Å². The lowest BCUT2D eigenvalue weighted by Crippen LogP contribution is -2.33. The minimum absolute atomic E-state index is 0. The predicted molar refractivity (Wildman–Crippen MR) is 117 cm³/mol. The molecule has 0 radical (unpaired) electrons. The molecule has 1 aliphatic rings. The molecule has 0 spiro atoms. The molecule has 2 aromatic heterocycles. The van der Waals surface area contributed by atoms with Crippen LogP contribution in [0.2, 0.25) is 10.0 Å². The monoisotopic (exact) mass is 460 g/mol. The highest BCUT2D eigenvalue weighted by molar-refractivity contribution is 6.36. The third-order valence-electron chi connectivity index (χ3n) is 4.80. The maximum Gasteiger partial charge on any atom is 0.228 e.